The van der Waals surface area contributed by atoms with Gasteiger partial charge in [0.1, 0.15) is 6.10 Å². The lowest BCUT2D eigenvalue weighted by Gasteiger charge is -2.29. The third-order valence-electron chi connectivity index (χ3n) is 5.95. The maximum Gasteiger partial charge on any atom is 0.322 e. The second kappa shape index (κ2) is 9.20. The molecule has 0 spiro atoms. The molecule has 5 rings (SSSR count). The summed E-state index contributed by atoms with van der Waals surface area (Å²) in [4.78, 5) is 16.1. The first kappa shape index (κ1) is 22.0. The Hall–Kier alpha value is -2.83. The maximum atomic E-state index is 11.5. The van der Waals surface area contributed by atoms with Crippen molar-refractivity contribution >= 4 is 26.9 Å². The first-order valence-corrected chi connectivity index (χ1v) is 13.0. The van der Waals surface area contributed by atoms with E-state index in [0.29, 0.717) is 50.9 Å². The zero-order valence-corrected chi connectivity index (χ0v) is 19.2. The summed E-state index contributed by atoms with van der Waals surface area (Å²) in [5.41, 5.74) is 1.75. The first-order chi connectivity index (χ1) is 15.9. The van der Waals surface area contributed by atoms with Crippen LogP contribution in [0.2, 0.25) is 0 Å². The highest BCUT2D eigenvalue weighted by molar-refractivity contribution is 7.88. The van der Waals surface area contributed by atoms with E-state index in [2.05, 4.69) is 29.8 Å². The van der Waals surface area contributed by atoms with Crippen LogP contribution in [0.5, 0.6) is 6.01 Å². The second-order valence-corrected chi connectivity index (χ2v) is 10.2. The second-order valence-electron chi connectivity index (χ2n) is 8.46. The van der Waals surface area contributed by atoms with Gasteiger partial charge in [0.15, 0.2) is 5.82 Å². The normalized spacial score (nSPS) is 21.9. The lowest BCUT2D eigenvalue weighted by Crippen LogP contribution is -2.39. The van der Waals surface area contributed by atoms with Crippen LogP contribution in [0.25, 0.3) is 22.3 Å². The van der Waals surface area contributed by atoms with Crippen LogP contribution >= 0.6 is 0 Å². The van der Waals surface area contributed by atoms with E-state index < -0.39 is 10.0 Å². The summed E-state index contributed by atoms with van der Waals surface area (Å²) in [6, 6.07) is 6.07. The molecular formula is C21H27N7O4S. The Morgan fingerprint density at radius 1 is 1.12 bits per heavy atom. The Morgan fingerprint density at radius 3 is 2.67 bits per heavy atom. The fraction of sp³-hybridized carbons (Fsp3) is 0.524. The van der Waals surface area contributed by atoms with Gasteiger partial charge >= 0.3 is 6.01 Å². The summed E-state index contributed by atoms with van der Waals surface area (Å²) >= 11 is 0. The summed E-state index contributed by atoms with van der Waals surface area (Å²) in [6.45, 7) is 2.62. The minimum atomic E-state index is -3.21. The van der Waals surface area contributed by atoms with Crippen LogP contribution in [0.4, 0.5) is 5.95 Å². The van der Waals surface area contributed by atoms with Crippen molar-refractivity contribution in [3.63, 3.8) is 0 Å². The number of ether oxygens (including phenoxy) is 2. The minimum Gasteiger partial charge on any atom is -0.460 e. The molecule has 176 valence electrons. The van der Waals surface area contributed by atoms with E-state index in [1.54, 1.807) is 6.20 Å². The number of anilines is 1. The molecule has 0 amide bonds. The molecule has 2 fully saturated rings. The molecule has 33 heavy (non-hydrogen) atoms. The number of benzene rings is 1. The zero-order valence-electron chi connectivity index (χ0n) is 18.4. The topological polar surface area (TPSA) is 135 Å². The van der Waals surface area contributed by atoms with Crippen LogP contribution in [0.1, 0.15) is 25.7 Å². The maximum absolute atomic E-state index is 11.5. The smallest absolute Gasteiger partial charge is 0.322 e. The lowest BCUT2D eigenvalue weighted by atomic mass is 9.94. The fourth-order valence-corrected chi connectivity index (χ4v) is 5.18. The molecule has 1 saturated heterocycles. The van der Waals surface area contributed by atoms with Gasteiger partial charge < -0.3 is 14.4 Å². The number of H-pyrrole nitrogens is 1. The highest BCUT2D eigenvalue weighted by Crippen LogP contribution is 2.29. The fourth-order valence-electron chi connectivity index (χ4n) is 4.34. The molecule has 1 aromatic carbocycles. The SMILES string of the molecule is CS(=O)(=O)NC1CCC(Oc2nc(-c3cccc4[nH]ncc34)nc(N3CCOCC3)n2)CC1. The minimum absolute atomic E-state index is 0.0589. The molecule has 0 unspecified atom stereocenters. The van der Waals surface area contributed by atoms with Crippen molar-refractivity contribution in [1.82, 2.24) is 29.9 Å². The van der Waals surface area contributed by atoms with E-state index in [9.17, 15) is 8.42 Å². The van der Waals surface area contributed by atoms with Gasteiger partial charge in [-0.2, -0.15) is 20.1 Å². The van der Waals surface area contributed by atoms with E-state index in [-0.39, 0.29) is 18.2 Å². The van der Waals surface area contributed by atoms with Crippen molar-refractivity contribution in [2.24, 2.45) is 0 Å². The Morgan fingerprint density at radius 2 is 1.91 bits per heavy atom. The Balaban J connectivity index is 1.41. The summed E-state index contributed by atoms with van der Waals surface area (Å²) in [5, 5.41) is 8.05. The standard InChI is InChI=1S/C21H27N7O4S/c1-33(29,30)27-14-5-7-15(8-6-14)32-21-24-19(16-3-2-4-18-17(16)13-22-26-18)23-20(25-21)28-9-11-31-12-10-28/h2-4,13-15,27H,5-12H2,1H3,(H,22,26). The number of morpholine rings is 1. The average Bonchev–Trinajstić information content (AvgIpc) is 3.29. The van der Waals surface area contributed by atoms with Gasteiger partial charge in [0.25, 0.3) is 0 Å². The highest BCUT2D eigenvalue weighted by atomic mass is 32.2. The molecule has 2 N–H and O–H groups in total. The van der Waals surface area contributed by atoms with E-state index in [1.807, 2.05) is 18.2 Å². The van der Waals surface area contributed by atoms with E-state index in [0.717, 1.165) is 29.3 Å². The van der Waals surface area contributed by atoms with Gasteiger partial charge in [0.05, 0.1) is 31.2 Å². The largest absolute Gasteiger partial charge is 0.460 e. The third kappa shape index (κ3) is 5.23. The molecular weight excluding hydrogens is 446 g/mol. The lowest BCUT2D eigenvalue weighted by molar-refractivity contribution is 0.120. The number of rotatable bonds is 6. The third-order valence-corrected chi connectivity index (χ3v) is 6.71. The number of sulfonamides is 1. The van der Waals surface area contributed by atoms with Gasteiger partial charge in [0, 0.05) is 30.1 Å². The van der Waals surface area contributed by atoms with E-state index >= 15 is 0 Å². The van der Waals surface area contributed by atoms with Gasteiger partial charge in [-0.15, -0.1) is 0 Å². The van der Waals surface area contributed by atoms with Crippen LogP contribution in [0.15, 0.2) is 24.4 Å². The van der Waals surface area contributed by atoms with Crippen LogP contribution in [0.3, 0.4) is 0 Å². The molecule has 1 saturated carbocycles. The highest BCUT2D eigenvalue weighted by Gasteiger charge is 2.26. The van der Waals surface area contributed by atoms with Crippen molar-refractivity contribution in [2.45, 2.75) is 37.8 Å². The summed E-state index contributed by atoms with van der Waals surface area (Å²) in [5.74, 6) is 1.09. The predicted octanol–water partition coefficient (Wildman–Crippen LogP) is 1.49. The summed E-state index contributed by atoms with van der Waals surface area (Å²) in [6.07, 6.45) is 5.73. The Labute approximate surface area is 192 Å². The molecule has 0 bridgehead atoms. The van der Waals surface area contributed by atoms with Gasteiger partial charge in [-0.25, -0.2) is 13.1 Å². The van der Waals surface area contributed by atoms with Gasteiger partial charge in [0.2, 0.25) is 16.0 Å². The van der Waals surface area contributed by atoms with Gasteiger partial charge in [-0.3, -0.25) is 5.10 Å². The van der Waals surface area contributed by atoms with Crippen molar-refractivity contribution in [3.05, 3.63) is 24.4 Å². The Bertz CT molecular complexity index is 1220. The number of nitrogens with one attached hydrogen (secondary N) is 2. The number of hydrogen-bond donors (Lipinski definition) is 2. The molecule has 0 atom stereocenters. The Kier molecular flexibility index (Phi) is 6.13. The van der Waals surface area contributed by atoms with Crippen molar-refractivity contribution in [2.75, 3.05) is 37.5 Å². The van der Waals surface area contributed by atoms with Gasteiger partial charge in [-0.1, -0.05) is 12.1 Å². The molecule has 3 aromatic rings. The van der Waals surface area contributed by atoms with Crippen LogP contribution < -0.4 is 14.4 Å². The number of aromatic amines is 1. The molecule has 0 radical (unpaired) electrons. The number of fused-ring (bicyclic) bond motifs is 1. The molecule has 1 aliphatic carbocycles. The molecule has 1 aliphatic heterocycles. The van der Waals surface area contributed by atoms with Crippen molar-refractivity contribution in [3.8, 4) is 17.4 Å². The molecule has 3 heterocycles. The summed E-state index contributed by atoms with van der Waals surface area (Å²) in [7, 11) is -3.21. The van der Waals surface area contributed by atoms with Crippen molar-refractivity contribution < 1.29 is 17.9 Å². The number of hydrogen-bond acceptors (Lipinski definition) is 9. The van der Waals surface area contributed by atoms with Crippen LogP contribution in [-0.2, 0) is 14.8 Å². The van der Waals surface area contributed by atoms with Crippen molar-refractivity contribution in [1.29, 1.82) is 0 Å². The number of aromatic nitrogens is 5. The molecule has 12 heteroatoms. The van der Waals surface area contributed by atoms with E-state index in [1.165, 1.54) is 6.26 Å². The zero-order chi connectivity index (χ0) is 22.8. The van der Waals surface area contributed by atoms with E-state index in [4.69, 9.17) is 14.5 Å². The number of nitrogens with zero attached hydrogens (tertiary/aromatic N) is 5. The predicted molar refractivity (Wildman–Crippen MR) is 123 cm³/mol. The van der Waals surface area contributed by atoms with Crippen LogP contribution in [0, 0.1) is 0 Å². The molecule has 2 aromatic heterocycles. The van der Waals surface area contributed by atoms with Crippen LogP contribution in [-0.4, -0.2) is 78.3 Å². The molecule has 11 nitrogen and oxygen atoms in total. The first-order valence-electron chi connectivity index (χ1n) is 11.1. The monoisotopic (exact) mass is 473 g/mol. The quantitative estimate of drug-likeness (QED) is 0.546. The average molecular weight is 474 g/mol. The van der Waals surface area contributed by atoms with Gasteiger partial charge in [-0.05, 0) is 31.7 Å². The molecule has 2 aliphatic rings. The summed E-state index contributed by atoms with van der Waals surface area (Å²) < 4.78 is 37.4.